The molecule has 1 atom stereocenters. The molecule has 0 bridgehead atoms. The molecule has 1 heterocycles. The van der Waals surface area contributed by atoms with E-state index in [4.69, 9.17) is 5.73 Å². The predicted molar refractivity (Wildman–Crippen MR) is 73.7 cm³/mol. The Morgan fingerprint density at radius 1 is 1.26 bits per heavy atom. The number of nitrogens with zero attached hydrogens (tertiary/aromatic N) is 1. The zero-order valence-electron chi connectivity index (χ0n) is 10.3. The first-order valence-corrected chi connectivity index (χ1v) is 6.59. The molecule has 0 saturated carbocycles. The maximum absolute atomic E-state index is 13.8. The van der Waals surface area contributed by atoms with Gasteiger partial charge in [0, 0.05) is 23.5 Å². The van der Waals surface area contributed by atoms with Gasteiger partial charge in [-0.15, -0.1) is 0 Å². The number of benzene rings is 1. The van der Waals surface area contributed by atoms with Crippen molar-refractivity contribution in [3.8, 4) is 0 Å². The molecule has 1 aromatic carbocycles. The average molecular weight is 327 g/mol. The lowest BCUT2D eigenvalue weighted by atomic mass is 10.00. The molecular formula is C14H13BrF2N2. The summed E-state index contributed by atoms with van der Waals surface area (Å²) in [5, 5.41) is 0. The van der Waals surface area contributed by atoms with Gasteiger partial charge in [-0.1, -0.05) is 6.07 Å². The molecule has 1 aromatic heterocycles. The summed E-state index contributed by atoms with van der Waals surface area (Å²) in [6, 6.07) is 5.71. The predicted octanol–water partition coefficient (Wildman–Crippen LogP) is 3.67. The Hall–Kier alpha value is -1.33. The topological polar surface area (TPSA) is 38.9 Å². The van der Waals surface area contributed by atoms with Gasteiger partial charge in [0.25, 0.3) is 0 Å². The number of hydrogen-bond donors (Lipinski definition) is 1. The Labute approximate surface area is 118 Å². The van der Waals surface area contributed by atoms with Gasteiger partial charge in [0.1, 0.15) is 11.6 Å². The van der Waals surface area contributed by atoms with E-state index in [0.717, 1.165) is 11.3 Å². The summed E-state index contributed by atoms with van der Waals surface area (Å²) >= 11 is 3.04. The largest absolute Gasteiger partial charge is 0.324 e. The van der Waals surface area contributed by atoms with Crippen LogP contribution in [0.4, 0.5) is 8.78 Å². The van der Waals surface area contributed by atoms with Crippen molar-refractivity contribution in [3.05, 3.63) is 63.4 Å². The lowest BCUT2D eigenvalue weighted by Crippen LogP contribution is -2.15. The van der Waals surface area contributed by atoms with Crippen LogP contribution in [0.25, 0.3) is 0 Å². The van der Waals surface area contributed by atoms with Gasteiger partial charge in [-0.3, -0.25) is 4.98 Å². The van der Waals surface area contributed by atoms with Crippen LogP contribution < -0.4 is 5.73 Å². The second-order valence-corrected chi connectivity index (χ2v) is 5.22. The average Bonchev–Trinajstić information content (AvgIpc) is 2.40. The fourth-order valence-corrected chi connectivity index (χ4v) is 2.16. The normalized spacial score (nSPS) is 12.5. The highest BCUT2D eigenvalue weighted by molar-refractivity contribution is 9.10. The van der Waals surface area contributed by atoms with Gasteiger partial charge >= 0.3 is 0 Å². The Kier molecular flexibility index (Phi) is 4.27. The van der Waals surface area contributed by atoms with Crippen LogP contribution in [0, 0.1) is 18.6 Å². The monoisotopic (exact) mass is 326 g/mol. The molecule has 0 radical (unpaired) electrons. The number of pyridine rings is 1. The summed E-state index contributed by atoms with van der Waals surface area (Å²) in [4.78, 5) is 4.13. The zero-order valence-corrected chi connectivity index (χ0v) is 11.9. The summed E-state index contributed by atoms with van der Waals surface area (Å²) in [7, 11) is 0. The molecule has 0 aliphatic rings. The van der Waals surface area contributed by atoms with E-state index in [-0.39, 0.29) is 16.5 Å². The van der Waals surface area contributed by atoms with Crippen molar-refractivity contribution in [1.29, 1.82) is 0 Å². The number of aryl methyl sites for hydroxylation is 1. The highest BCUT2D eigenvalue weighted by atomic mass is 79.9. The number of halogens is 3. The van der Waals surface area contributed by atoms with Crippen LogP contribution in [0.3, 0.4) is 0 Å². The number of hydrogen-bond acceptors (Lipinski definition) is 2. The fraction of sp³-hybridized carbons (Fsp3) is 0.214. The smallest absolute Gasteiger partial charge is 0.143 e. The SMILES string of the molecule is Cc1ccc(C(N)Cc2c(F)ccc(Br)c2F)cn1. The molecule has 0 aliphatic heterocycles. The molecule has 0 spiro atoms. The van der Waals surface area contributed by atoms with Crippen LogP contribution in [0.15, 0.2) is 34.9 Å². The highest BCUT2D eigenvalue weighted by Crippen LogP contribution is 2.25. The first-order valence-electron chi connectivity index (χ1n) is 5.79. The number of aromatic nitrogens is 1. The quantitative estimate of drug-likeness (QED) is 0.874. The third-order valence-corrected chi connectivity index (χ3v) is 3.54. The third-order valence-electron chi connectivity index (χ3n) is 2.93. The standard InChI is InChI=1S/C14H13BrF2N2/c1-8-2-3-9(7-19-8)13(18)6-10-12(16)5-4-11(15)14(10)17/h2-5,7,13H,6,18H2,1H3. The third kappa shape index (κ3) is 3.16. The van der Waals surface area contributed by atoms with E-state index in [1.165, 1.54) is 12.1 Å². The highest BCUT2D eigenvalue weighted by Gasteiger charge is 2.16. The lowest BCUT2D eigenvalue weighted by molar-refractivity contribution is 0.535. The summed E-state index contributed by atoms with van der Waals surface area (Å²) < 4.78 is 27.7. The van der Waals surface area contributed by atoms with E-state index < -0.39 is 17.7 Å². The minimum absolute atomic E-state index is 0.0116. The maximum atomic E-state index is 13.8. The van der Waals surface area contributed by atoms with Crippen molar-refractivity contribution >= 4 is 15.9 Å². The summed E-state index contributed by atoms with van der Waals surface area (Å²) in [5.41, 5.74) is 7.59. The second kappa shape index (κ2) is 5.75. The van der Waals surface area contributed by atoms with Crippen LogP contribution in [0.5, 0.6) is 0 Å². The van der Waals surface area contributed by atoms with Crippen molar-refractivity contribution in [3.63, 3.8) is 0 Å². The molecule has 2 rings (SSSR count). The minimum atomic E-state index is -0.601. The van der Waals surface area contributed by atoms with Crippen LogP contribution >= 0.6 is 15.9 Å². The van der Waals surface area contributed by atoms with Gasteiger partial charge in [0.15, 0.2) is 0 Å². The number of nitrogens with two attached hydrogens (primary N) is 1. The van der Waals surface area contributed by atoms with E-state index in [1.807, 2.05) is 19.1 Å². The van der Waals surface area contributed by atoms with E-state index in [9.17, 15) is 8.78 Å². The van der Waals surface area contributed by atoms with Gasteiger partial charge in [-0.25, -0.2) is 8.78 Å². The first kappa shape index (κ1) is 14.1. The Bertz CT molecular complexity index is 585. The summed E-state index contributed by atoms with van der Waals surface area (Å²) in [5.74, 6) is -1.19. The van der Waals surface area contributed by atoms with Crippen molar-refractivity contribution in [1.82, 2.24) is 4.98 Å². The van der Waals surface area contributed by atoms with Gasteiger partial charge in [0.2, 0.25) is 0 Å². The molecule has 100 valence electrons. The lowest BCUT2D eigenvalue weighted by Gasteiger charge is -2.13. The van der Waals surface area contributed by atoms with Gasteiger partial charge in [-0.05, 0) is 53.0 Å². The van der Waals surface area contributed by atoms with Gasteiger partial charge in [-0.2, -0.15) is 0 Å². The summed E-state index contributed by atoms with van der Waals surface area (Å²) in [6.07, 6.45) is 1.72. The molecule has 1 unspecified atom stereocenters. The Morgan fingerprint density at radius 3 is 2.63 bits per heavy atom. The van der Waals surface area contributed by atoms with Gasteiger partial charge < -0.3 is 5.73 Å². The maximum Gasteiger partial charge on any atom is 0.143 e. The molecule has 2 aromatic rings. The van der Waals surface area contributed by atoms with E-state index >= 15 is 0 Å². The molecule has 2 N–H and O–H groups in total. The molecule has 2 nitrogen and oxygen atoms in total. The second-order valence-electron chi connectivity index (χ2n) is 4.37. The van der Waals surface area contributed by atoms with Crippen molar-refractivity contribution in [2.45, 2.75) is 19.4 Å². The summed E-state index contributed by atoms with van der Waals surface area (Å²) in [6.45, 7) is 1.86. The first-order chi connectivity index (χ1) is 8.99. The van der Waals surface area contributed by atoms with Crippen LogP contribution in [-0.2, 0) is 6.42 Å². The molecule has 0 saturated heterocycles. The molecule has 19 heavy (non-hydrogen) atoms. The molecule has 0 aliphatic carbocycles. The van der Waals surface area contributed by atoms with E-state index in [2.05, 4.69) is 20.9 Å². The Morgan fingerprint density at radius 2 is 2.00 bits per heavy atom. The number of rotatable bonds is 3. The molecule has 0 amide bonds. The van der Waals surface area contributed by atoms with Crippen molar-refractivity contribution in [2.24, 2.45) is 5.73 Å². The van der Waals surface area contributed by atoms with Crippen molar-refractivity contribution < 1.29 is 8.78 Å². The minimum Gasteiger partial charge on any atom is -0.324 e. The van der Waals surface area contributed by atoms with Crippen LogP contribution in [-0.4, -0.2) is 4.98 Å². The van der Waals surface area contributed by atoms with Crippen LogP contribution in [0.1, 0.15) is 22.9 Å². The molecular weight excluding hydrogens is 314 g/mol. The fourth-order valence-electron chi connectivity index (χ4n) is 1.79. The van der Waals surface area contributed by atoms with E-state index in [1.54, 1.807) is 6.20 Å². The van der Waals surface area contributed by atoms with Crippen molar-refractivity contribution in [2.75, 3.05) is 0 Å². The zero-order chi connectivity index (χ0) is 14.0. The molecule has 5 heteroatoms. The van der Waals surface area contributed by atoms with Gasteiger partial charge in [0.05, 0.1) is 4.47 Å². The van der Waals surface area contributed by atoms with Crippen LogP contribution in [0.2, 0.25) is 0 Å². The molecule has 0 fully saturated rings. The van der Waals surface area contributed by atoms with E-state index in [0.29, 0.717) is 0 Å². The Balaban J connectivity index is 2.26.